The van der Waals surface area contributed by atoms with E-state index in [0.29, 0.717) is 17.9 Å². The van der Waals surface area contributed by atoms with Crippen molar-refractivity contribution in [1.82, 2.24) is 19.4 Å². The molecule has 0 spiro atoms. The molecule has 7 heteroatoms. The summed E-state index contributed by atoms with van der Waals surface area (Å²) in [5, 5.41) is 3.42. The zero-order valence-corrected chi connectivity index (χ0v) is 15.4. The van der Waals surface area contributed by atoms with Crippen LogP contribution in [0.5, 0.6) is 0 Å². The van der Waals surface area contributed by atoms with Crippen LogP contribution in [0.25, 0.3) is 16.0 Å². The number of aromatic nitrogens is 3. The van der Waals surface area contributed by atoms with Crippen LogP contribution in [-0.4, -0.2) is 40.3 Å². The standard InChI is InChI=1S/C20H22N6O/c1-21-16-7-4-3-6-15(16)14-26-18-17(25-12-5-9-22-11-13-25)8-10-23-19(18)24(2)20(26)27/h3-4,6-8,10,22H,5,9,11-14H2,2H3. The molecule has 1 aromatic carbocycles. The summed E-state index contributed by atoms with van der Waals surface area (Å²) in [4.78, 5) is 23.4. The number of aryl methyl sites for hydroxylation is 1. The first-order chi connectivity index (χ1) is 13.2. The summed E-state index contributed by atoms with van der Waals surface area (Å²) in [6.07, 6.45) is 2.83. The predicted octanol–water partition coefficient (Wildman–Crippen LogP) is 2.13. The molecule has 0 atom stereocenters. The van der Waals surface area contributed by atoms with Gasteiger partial charge >= 0.3 is 5.69 Å². The Kier molecular flexibility index (Phi) is 4.65. The van der Waals surface area contributed by atoms with Gasteiger partial charge < -0.3 is 10.2 Å². The second-order valence-electron chi connectivity index (χ2n) is 6.76. The third-order valence-corrected chi connectivity index (χ3v) is 5.11. The smallest absolute Gasteiger partial charge is 0.330 e. The Hall–Kier alpha value is -3.11. The van der Waals surface area contributed by atoms with Crippen LogP contribution in [0.2, 0.25) is 0 Å². The Morgan fingerprint density at radius 3 is 2.93 bits per heavy atom. The molecule has 0 saturated carbocycles. The highest BCUT2D eigenvalue weighted by molar-refractivity contribution is 5.87. The number of hydrogen-bond acceptors (Lipinski definition) is 4. The highest BCUT2D eigenvalue weighted by Gasteiger charge is 2.20. The van der Waals surface area contributed by atoms with E-state index in [1.165, 1.54) is 0 Å². The summed E-state index contributed by atoms with van der Waals surface area (Å²) < 4.78 is 3.34. The molecule has 0 aliphatic carbocycles. The number of imidazole rings is 1. The maximum absolute atomic E-state index is 13.0. The second kappa shape index (κ2) is 7.25. The number of benzene rings is 1. The molecular formula is C20H22N6O. The molecule has 1 N–H and O–H groups in total. The number of nitrogens with one attached hydrogen (secondary N) is 1. The molecule has 3 heterocycles. The van der Waals surface area contributed by atoms with E-state index in [1.807, 2.05) is 24.3 Å². The highest BCUT2D eigenvalue weighted by atomic mass is 16.1. The highest BCUT2D eigenvalue weighted by Crippen LogP contribution is 2.27. The molecule has 1 aliphatic heterocycles. The quantitative estimate of drug-likeness (QED) is 0.725. The molecule has 0 radical (unpaired) electrons. The summed E-state index contributed by atoms with van der Waals surface area (Å²) >= 11 is 0. The molecule has 4 rings (SSSR count). The van der Waals surface area contributed by atoms with Crippen LogP contribution in [0.15, 0.2) is 41.3 Å². The summed E-state index contributed by atoms with van der Waals surface area (Å²) in [7, 11) is 1.75. The Balaban J connectivity index is 1.88. The van der Waals surface area contributed by atoms with Crippen molar-refractivity contribution in [3.8, 4) is 0 Å². The van der Waals surface area contributed by atoms with Gasteiger partial charge in [0.15, 0.2) is 11.3 Å². The number of pyridine rings is 1. The van der Waals surface area contributed by atoms with E-state index in [2.05, 4.69) is 20.0 Å². The minimum Gasteiger partial charge on any atom is -0.368 e. The van der Waals surface area contributed by atoms with Gasteiger partial charge in [0.05, 0.1) is 12.3 Å². The monoisotopic (exact) mass is 362 g/mol. The molecule has 1 aliphatic rings. The molecule has 3 aromatic rings. The van der Waals surface area contributed by atoms with Crippen molar-refractivity contribution in [3.63, 3.8) is 0 Å². The lowest BCUT2D eigenvalue weighted by molar-refractivity contribution is 0.724. The van der Waals surface area contributed by atoms with Crippen molar-refractivity contribution in [1.29, 1.82) is 0 Å². The first-order valence-corrected chi connectivity index (χ1v) is 9.16. The topological polar surface area (TPSA) is 59.5 Å². The predicted molar refractivity (Wildman–Crippen MR) is 106 cm³/mol. The zero-order valence-electron chi connectivity index (χ0n) is 15.4. The van der Waals surface area contributed by atoms with Gasteiger partial charge in [0.25, 0.3) is 0 Å². The summed E-state index contributed by atoms with van der Waals surface area (Å²) in [6.45, 7) is 11.5. The summed E-state index contributed by atoms with van der Waals surface area (Å²) in [6, 6.07) is 9.44. The third kappa shape index (κ3) is 3.09. The van der Waals surface area contributed by atoms with Gasteiger partial charge in [-0.1, -0.05) is 24.3 Å². The van der Waals surface area contributed by atoms with Crippen molar-refractivity contribution in [2.75, 3.05) is 31.1 Å². The minimum absolute atomic E-state index is 0.113. The van der Waals surface area contributed by atoms with Gasteiger partial charge in [-0.15, -0.1) is 0 Å². The van der Waals surface area contributed by atoms with Crippen molar-refractivity contribution in [3.05, 3.63) is 64.0 Å². The van der Waals surface area contributed by atoms with E-state index in [0.717, 1.165) is 49.4 Å². The number of nitrogens with zero attached hydrogens (tertiary/aromatic N) is 5. The van der Waals surface area contributed by atoms with Crippen LogP contribution >= 0.6 is 0 Å². The fourth-order valence-electron chi connectivity index (χ4n) is 3.72. The molecular weight excluding hydrogens is 340 g/mol. The van der Waals surface area contributed by atoms with E-state index in [1.54, 1.807) is 28.4 Å². The lowest BCUT2D eigenvalue weighted by Crippen LogP contribution is -2.29. The number of hydrogen-bond donors (Lipinski definition) is 1. The maximum atomic E-state index is 13.0. The SMILES string of the molecule is [C-]#[N+]c1ccccc1Cn1c(=O)n(C)c2nccc(N3CCCNCC3)c21. The van der Waals surface area contributed by atoms with Gasteiger partial charge in [-0.3, -0.25) is 9.13 Å². The van der Waals surface area contributed by atoms with Crippen LogP contribution in [0, 0.1) is 6.57 Å². The molecule has 0 unspecified atom stereocenters. The van der Waals surface area contributed by atoms with Crippen molar-refractivity contribution < 1.29 is 0 Å². The number of para-hydroxylation sites is 1. The average molecular weight is 362 g/mol. The molecule has 0 bridgehead atoms. The Morgan fingerprint density at radius 2 is 2.07 bits per heavy atom. The third-order valence-electron chi connectivity index (χ3n) is 5.11. The Labute approximate surface area is 157 Å². The van der Waals surface area contributed by atoms with E-state index < -0.39 is 0 Å². The lowest BCUT2D eigenvalue weighted by Gasteiger charge is -2.23. The van der Waals surface area contributed by atoms with E-state index >= 15 is 0 Å². The maximum Gasteiger partial charge on any atom is 0.330 e. The van der Waals surface area contributed by atoms with Crippen LogP contribution in [0.3, 0.4) is 0 Å². The number of anilines is 1. The first kappa shape index (κ1) is 17.3. The van der Waals surface area contributed by atoms with E-state index in [4.69, 9.17) is 6.57 Å². The molecule has 27 heavy (non-hydrogen) atoms. The number of fused-ring (bicyclic) bond motifs is 1. The average Bonchev–Trinajstić information content (AvgIpc) is 2.90. The minimum atomic E-state index is -0.113. The zero-order chi connectivity index (χ0) is 18.8. The lowest BCUT2D eigenvalue weighted by atomic mass is 10.2. The summed E-state index contributed by atoms with van der Waals surface area (Å²) in [5.74, 6) is 0. The van der Waals surface area contributed by atoms with Crippen LogP contribution < -0.4 is 15.9 Å². The van der Waals surface area contributed by atoms with Crippen molar-refractivity contribution in [2.45, 2.75) is 13.0 Å². The van der Waals surface area contributed by atoms with Gasteiger partial charge in [-0.2, -0.15) is 0 Å². The Morgan fingerprint density at radius 1 is 1.22 bits per heavy atom. The van der Waals surface area contributed by atoms with Crippen molar-refractivity contribution in [2.24, 2.45) is 7.05 Å². The van der Waals surface area contributed by atoms with Gasteiger partial charge in [-0.05, 0) is 24.6 Å². The van der Waals surface area contributed by atoms with Crippen molar-refractivity contribution >= 4 is 22.5 Å². The molecule has 0 amide bonds. The number of rotatable bonds is 3. The summed E-state index contributed by atoms with van der Waals surface area (Å²) in [5.41, 5.74) is 3.85. The second-order valence-corrected chi connectivity index (χ2v) is 6.76. The fraction of sp³-hybridized carbons (Fsp3) is 0.350. The fourth-order valence-corrected chi connectivity index (χ4v) is 3.72. The van der Waals surface area contributed by atoms with Gasteiger partial charge in [0.2, 0.25) is 0 Å². The normalized spacial score (nSPS) is 14.9. The molecule has 138 valence electrons. The van der Waals surface area contributed by atoms with Crippen LogP contribution in [-0.2, 0) is 13.6 Å². The van der Waals surface area contributed by atoms with Crippen LogP contribution in [0.1, 0.15) is 12.0 Å². The first-order valence-electron chi connectivity index (χ1n) is 9.16. The van der Waals surface area contributed by atoms with Gasteiger partial charge in [0.1, 0.15) is 5.52 Å². The van der Waals surface area contributed by atoms with E-state index in [-0.39, 0.29) is 5.69 Å². The van der Waals surface area contributed by atoms with Gasteiger partial charge in [-0.25, -0.2) is 14.6 Å². The Bertz CT molecular complexity index is 1070. The molecule has 1 saturated heterocycles. The molecule has 2 aromatic heterocycles. The van der Waals surface area contributed by atoms with Gasteiger partial charge in [0, 0.05) is 39.4 Å². The molecule has 1 fully saturated rings. The van der Waals surface area contributed by atoms with Crippen LogP contribution in [0.4, 0.5) is 11.4 Å². The van der Waals surface area contributed by atoms with E-state index in [9.17, 15) is 4.79 Å². The largest absolute Gasteiger partial charge is 0.368 e. The molecule has 7 nitrogen and oxygen atoms in total.